The van der Waals surface area contributed by atoms with E-state index < -0.39 is 11.7 Å². The standard InChI is InChI=1S/C19H31N3O3/c1-13(2)17(12-21-18(24)25-19(4,5)6)20-11-15-7-9-16(10-8-15)22-14(3)23/h7-10,13,17,20H,11-12H2,1-6H3,(H,21,24)(H,22,23). The smallest absolute Gasteiger partial charge is 0.407 e. The Morgan fingerprint density at radius 3 is 2.20 bits per heavy atom. The third-order valence-corrected chi connectivity index (χ3v) is 3.51. The van der Waals surface area contributed by atoms with Gasteiger partial charge in [-0.1, -0.05) is 26.0 Å². The zero-order valence-corrected chi connectivity index (χ0v) is 16.1. The molecule has 1 aromatic carbocycles. The maximum atomic E-state index is 11.8. The summed E-state index contributed by atoms with van der Waals surface area (Å²) in [6.07, 6.45) is -0.403. The first-order chi connectivity index (χ1) is 11.6. The number of alkyl carbamates (subject to hydrolysis) is 1. The third-order valence-electron chi connectivity index (χ3n) is 3.51. The number of ether oxygens (including phenoxy) is 1. The Morgan fingerprint density at radius 1 is 1.12 bits per heavy atom. The molecule has 0 saturated carbocycles. The van der Waals surface area contributed by atoms with Gasteiger partial charge in [0.2, 0.25) is 5.91 Å². The van der Waals surface area contributed by atoms with Gasteiger partial charge in [-0.05, 0) is 44.4 Å². The van der Waals surface area contributed by atoms with Crippen LogP contribution < -0.4 is 16.0 Å². The van der Waals surface area contributed by atoms with Gasteiger partial charge in [0.15, 0.2) is 0 Å². The molecule has 0 spiro atoms. The average Bonchev–Trinajstić information content (AvgIpc) is 2.46. The third kappa shape index (κ3) is 9.10. The van der Waals surface area contributed by atoms with Gasteiger partial charge in [0, 0.05) is 31.7 Å². The van der Waals surface area contributed by atoms with Crippen LogP contribution in [0.5, 0.6) is 0 Å². The summed E-state index contributed by atoms with van der Waals surface area (Å²) in [5, 5.41) is 9.02. The topological polar surface area (TPSA) is 79.5 Å². The lowest BCUT2D eigenvalue weighted by atomic mass is 10.0. The lowest BCUT2D eigenvalue weighted by molar-refractivity contribution is -0.114. The molecular weight excluding hydrogens is 318 g/mol. The molecule has 1 aromatic rings. The van der Waals surface area contributed by atoms with Gasteiger partial charge in [0.1, 0.15) is 5.60 Å². The monoisotopic (exact) mass is 349 g/mol. The van der Waals surface area contributed by atoms with Crippen LogP contribution in [0.3, 0.4) is 0 Å². The van der Waals surface area contributed by atoms with Gasteiger partial charge < -0.3 is 20.7 Å². The number of carbonyl (C=O) groups excluding carboxylic acids is 2. The van der Waals surface area contributed by atoms with Gasteiger partial charge >= 0.3 is 6.09 Å². The summed E-state index contributed by atoms with van der Waals surface area (Å²) in [6, 6.07) is 7.82. The number of hydrogen-bond donors (Lipinski definition) is 3. The number of nitrogens with one attached hydrogen (secondary N) is 3. The first kappa shape index (κ1) is 21.0. The highest BCUT2D eigenvalue weighted by Gasteiger charge is 2.18. The van der Waals surface area contributed by atoms with Gasteiger partial charge in [-0.25, -0.2) is 4.79 Å². The first-order valence-electron chi connectivity index (χ1n) is 8.63. The number of carbonyl (C=O) groups is 2. The highest BCUT2D eigenvalue weighted by molar-refractivity contribution is 5.88. The van der Waals surface area contributed by atoms with E-state index in [1.54, 1.807) is 0 Å². The average molecular weight is 349 g/mol. The fourth-order valence-corrected chi connectivity index (χ4v) is 2.21. The highest BCUT2D eigenvalue weighted by atomic mass is 16.6. The van der Waals surface area contributed by atoms with Gasteiger partial charge in [-0.3, -0.25) is 4.79 Å². The summed E-state index contributed by atoms with van der Waals surface area (Å²) >= 11 is 0. The normalized spacial score (nSPS) is 12.6. The van der Waals surface area contributed by atoms with Crippen molar-refractivity contribution in [2.45, 2.75) is 59.7 Å². The van der Waals surface area contributed by atoms with Crippen molar-refractivity contribution >= 4 is 17.7 Å². The van der Waals surface area contributed by atoms with Crippen LogP contribution in [0.25, 0.3) is 0 Å². The van der Waals surface area contributed by atoms with Crippen molar-refractivity contribution in [3.63, 3.8) is 0 Å². The van der Waals surface area contributed by atoms with Crippen molar-refractivity contribution in [3.8, 4) is 0 Å². The van der Waals surface area contributed by atoms with Crippen LogP contribution in [-0.4, -0.2) is 30.2 Å². The Hall–Kier alpha value is -2.08. The van der Waals surface area contributed by atoms with Gasteiger partial charge in [-0.2, -0.15) is 0 Å². The number of rotatable bonds is 7. The second-order valence-corrected chi connectivity index (χ2v) is 7.49. The molecule has 25 heavy (non-hydrogen) atoms. The second-order valence-electron chi connectivity index (χ2n) is 7.49. The Bertz CT molecular complexity index is 562. The van der Waals surface area contributed by atoms with Crippen LogP contribution in [-0.2, 0) is 16.1 Å². The predicted octanol–water partition coefficient (Wildman–Crippen LogP) is 3.28. The van der Waals surface area contributed by atoms with E-state index in [0.29, 0.717) is 19.0 Å². The zero-order valence-electron chi connectivity index (χ0n) is 16.1. The largest absolute Gasteiger partial charge is 0.444 e. The first-order valence-corrected chi connectivity index (χ1v) is 8.63. The second kappa shape index (κ2) is 9.42. The minimum absolute atomic E-state index is 0.0843. The van der Waals surface area contributed by atoms with Crippen molar-refractivity contribution in [2.75, 3.05) is 11.9 Å². The molecule has 1 unspecified atom stereocenters. The minimum Gasteiger partial charge on any atom is -0.444 e. The van der Waals surface area contributed by atoms with Crippen molar-refractivity contribution < 1.29 is 14.3 Å². The molecular formula is C19H31N3O3. The van der Waals surface area contributed by atoms with E-state index in [9.17, 15) is 9.59 Å². The SMILES string of the molecule is CC(=O)Nc1ccc(CNC(CNC(=O)OC(C)(C)C)C(C)C)cc1. The van der Waals surface area contributed by atoms with Crippen LogP contribution >= 0.6 is 0 Å². The van der Waals surface area contributed by atoms with E-state index >= 15 is 0 Å². The molecule has 0 aromatic heterocycles. The fourth-order valence-electron chi connectivity index (χ4n) is 2.21. The van der Waals surface area contributed by atoms with E-state index in [-0.39, 0.29) is 11.9 Å². The molecule has 1 atom stereocenters. The molecule has 0 heterocycles. The van der Waals surface area contributed by atoms with E-state index in [1.165, 1.54) is 6.92 Å². The maximum absolute atomic E-state index is 11.8. The van der Waals surface area contributed by atoms with Crippen LogP contribution in [0, 0.1) is 5.92 Å². The van der Waals surface area contributed by atoms with Crippen LogP contribution in [0.1, 0.15) is 47.1 Å². The van der Waals surface area contributed by atoms with Gasteiger partial charge in [0.05, 0.1) is 0 Å². The zero-order chi connectivity index (χ0) is 19.0. The molecule has 0 bridgehead atoms. The van der Waals surface area contributed by atoms with E-state index in [0.717, 1.165) is 11.3 Å². The number of anilines is 1. The van der Waals surface area contributed by atoms with Crippen molar-refractivity contribution in [1.29, 1.82) is 0 Å². The summed E-state index contributed by atoms with van der Waals surface area (Å²) in [5.41, 5.74) is 1.39. The predicted molar refractivity (Wildman–Crippen MR) is 100 cm³/mol. The molecule has 6 heteroatoms. The van der Waals surface area contributed by atoms with Crippen molar-refractivity contribution in [2.24, 2.45) is 5.92 Å². The molecule has 0 saturated heterocycles. The number of amides is 2. The summed E-state index contributed by atoms with van der Waals surface area (Å²) in [5.74, 6) is 0.271. The summed E-state index contributed by atoms with van der Waals surface area (Å²) in [4.78, 5) is 22.8. The molecule has 1 rings (SSSR count). The van der Waals surface area contributed by atoms with Crippen LogP contribution in [0.4, 0.5) is 10.5 Å². The Labute approximate surface area is 150 Å². The summed E-state index contributed by atoms with van der Waals surface area (Å²) in [7, 11) is 0. The lowest BCUT2D eigenvalue weighted by Crippen LogP contribution is -2.45. The molecule has 0 aliphatic rings. The fraction of sp³-hybridized carbons (Fsp3) is 0.579. The minimum atomic E-state index is -0.500. The molecule has 0 fully saturated rings. The summed E-state index contributed by atoms with van der Waals surface area (Å²) in [6.45, 7) is 12.4. The Balaban J connectivity index is 2.50. The van der Waals surface area contributed by atoms with Gasteiger partial charge in [0.25, 0.3) is 0 Å². The highest BCUT2D eigenvalue weighted by Crippen LogP contribution is 2.11. The molecule has 0 aliphatic carbocycles. The Kier molecular flexibility index (Phi) is 7.90. The van der Waals surface area contributed by atoms with Crippen LogP contribution in [0.15, 0.2) is 24.3 Å². The molecule has 0 aliphatic heterocycles. The van der Waals surface area contributed by atoms with Crippen molar-refractivity contribution in [3.05, 3.63) is 29.8 Å². The molecule has 0 radical (unpaired) electrons. The van der Waals surface area contributed by atoms with E-state index in [4.69, 9.17) is 4.74 Å². The quantitative estimate of drug-likeness (QED) is 0.706. The molecule has 140 valence electrons. The summed E-state index contributed by atoms with van der Waals surface area (Å²) < 4.78 is 5.26. The lowest BCUT2D eigenvalue weighted by Gasteiger charge is -2.25. The maximum Gasteiger partial charge on any atom is 0.407 e. The molecule has 3 N–H and O–H groups in total. The number of benzene rings is 1. The Morgan fingerprint density at radius 2 is 1.72 bits per heavy atom. The van der Waals surface area contributed by atoms with E-state index in [1.807, 2.05) is 45.0 Å². The van der Waals surface area contributed by atoms with Gasteiger partial charge in [-0.15, -0.1) is 0 Å². The molecule has 6 nitrogen and oxygen atoms in total. The van der Waals surface area contributed by atoms with Crippen molar-refractivity contribution in [1.82, 2.24) is 10.6 Å². The van der Waals surface area contributed by atoms with Crippen LogP contribution in [0.2, 0.25) is 0 Å². The van der Waals surface area contributed by atoms with E-state index in [2.05, 4.69) is 29.8 Å². The number of hydrogen-bond acceptors (Lipinski definition) is 4. The molecule has 2 amide bonds.